The van der Waals surface area contributed by atoms with E-state index in [-0.39, 0.29) is 23.4 Å². The molecule has 162 valence electrons. The van der Waals surface area contributed by atoms with Crippen LogP contribution in [0, 0.1) is 19.7 Å². The van der Waals surface area contributed by atoms with Gasteiger partial charge in [0, 0.05) is 11.3 Å². The fourth-order valence-electron chi connectivity index (χ4n) is 3.80. The van der Waals surface area contributed by atoms with Gasteiger partial charge in [0.05, 0.1) is 19.2 Å². The molecule has 32 heavy (non-hydrogen) atoms. The lowest BCUT2D eigenvalue weighted by Gasteiger charge is -2.16. The zero-order valence-electron chi connectivity index (χ0n) is 18.1. The molecule has 0 saturated heterocycles. The van der Waals surface area contributed by atoms with Crippen LogP contribution in [-0.2, 0) is 16.1 Å². The first kappa shape index (κ1) is 21.3. The van der Waals surface area contributed by atoms with E-state index in [9.17, 15) is 14.0 Å². The number of nitrogens with zero attached hydrogens (tertiary/aromatic N) is 1. The third-order valence-corrected chi connectivity index (χ3v) is 5.46. The van der Waals surface area contributed by atoms with Gasteiger partial charge < -0.3 is 10.1 Å². The maximum absolute atomic E-state index is 14.3. The molecule has 0 atom stereocenters. The number of aryl methyl sites for hydroxylation is 2. The number of benzene rings is 3. The highest BCUT2D eigenvalue weighted by Crippen LogP contribution is 2.34. The van der Waals surface area contributed by atoms with Crippen LogP contribution in [0.25, 0.3) is 5.57 Å². The van der Waals surface area contributed by atoms with Crippen molar-refractivity contribution in [2.75, 3.05) is 12.4 Å². The lowest BCUT2D eigenvalue weighted by atomic mass is 9.97. The molecule has 1 heterocycles. The van der Waals surface area contributed by atoms with E-state index in [0.717, 1.165) is 16.0 Å². The van der Waals surface area contributed by atoms with Crippen molar-refractivity contribution in [1.82, 2.24) is 4.90 Å². The van der Waals surface area contributed by atoms with Crippen molar-refractivity contribution in [1.29, 1.82) is 0 Å². The summed E-state index contributed by atoms with van der Waals surface area (Å²) in [5, 5.41) is 3.11. The number of rotatable bonds is 6. The molecule has 0 aromatic heterocycles. The number of imide groups is 1. The molecule has 0 spiro atoms. The number of halogens is 1. The zero-order chi connectivity index (χ0) is 22.8. The molecule has 1 aliphatic rings. The Morgan fingerprint density at radius 1 is 0.938 bits per heavy atom. The van der Waals surface area contributed by atoms with Gasteiger partial charge >= 0.3 is 0 Å². The van der Waals surface area contributed by atoms with Gasteiger partial charge in [0.25, 0.3) is 11.8 Å². The van der Waals surface area contributed by atoms with Gasteiger partial charge in [0.1, 0.15) is 17.3 Å². The molecule has 0 fully saturated rings. The summed E-state index contributed by atoms with van der Waals surface area (Å²) in [4.78, 5) is 27.9. The second kappa shape index (κ2) is 8.67. The van der Waals surface area contributed by atoms with E-state index in [1.165, 1.54) is 6.07 Å². The van der Waals surface area contributed by atoms with Crippen molar-refractivity contribution in [2.24, 2.45) is 0 Å². The molecular weight excluding hydrogens is 407 g/mol. The van der Waals surface area contributed by atoms with Crippen LogP contribution in [0.4, 0.5) is 10.1 Å². The molecule has 3 aromatic carbocycles. The second-order valence-electron chi connectivity index (χ2n) is 7.71. The van der Waals surface area contributed by atoms with Gasteiger partial charge in [0.15, 0.2) is 0 Å². The van der Waals surface area contributed by atoms with Gasteiger partial charge in [0.2, 0.25) is 0 Å². The Morgan fingerprint density at radius 2 is 1.66 bits per heavy atom. The second-order valence-corrected chi connectivity index (χ2v) is 7.71. The molecule has 0 saturated carbocycles. The van der Waals surface area contributed by atoms with Crippen molar-refractivity contribution in [3.8, 4) is 5.75 Å². The monoisotopic (exact) mass is 430 g/mol. The Hall–Kier alpha value is -3.93. The lowest BCUT2D eigenvalue weighted by Crippen LogP contribution is -2.32. The number of carbonyl (C=O) groups excluding carboxylic acids is 2. The number of hydrogen-bond acceptors (Lipinski definition) is 4. The van der Waals surface area contributed by atoms with Crippen LogP contribution in [0.3, 0.4) is 0 Å². The number of anilines is 1. The summed E-state index contributed by atoms with van der Waals surface area (Å²) in [6.45, 7) is 3.72. The molecule has 3 aromatic rings. The largest absolute Gasteiger partial charge is 0.497 e. The fourth-order valence-corrected chi connectivity index (χ4v) is 3.80. The smallest absolute Gasteiger partial charge is 0.278 e. The first-order valence-corrected chi connectivity index (χ1v) is 10.2. The Labute approximate surface area is 186 Å². The minimum absolute atomic E-state index is 0.146. The minimum atomic E-state index is -0.496. The summed E-state index contributed by atoms with van der Waals surface area (Å²) in [6.07, 6.45) is 0. The SMILES string of the molecule is COc1ccc(NC2=C(c3ccc(C)cc3C)C(=O)N(Cc3ccccc3F)C2=O)cc1. The van der Waals surface area contributed by atoms with Gasteiger partial charge in [-0.3, -0.25) is 14.5 Å². The minimum Gasteiger partial charge on any atom is -0.497 e. The normalized spacial score (nSPS) is 13.7. The van der Waals surface area contributed by atoms with Crippen LogP contribution in [0.1, 0.15) is 22.3 Å². The Bertz CT molecular complexity index is 1230. The number of hydrogen-bond donors (Lipinski definition) is 1. The summed E-state index contributed by atoms with van der Waals surface area (Å²) in [7, 11) is 1.57. The molecule has 5 nitrogen and oxygen atoms in total. The van der Waals surface area contributed by atoms with E-state index >= 15 is 0 Å². The fraction of sp³-hybridized carbons (Fsp3) is 0.154. The molecule has 0 unspecified atom stereocenters. The maximum atomic E-state index is 14.3. The summed E-state index contributed by atoms with van der Waals surface area (Å²) < 4.78 is 19.4. The van der Waals surface area contributed by atoms with Gasteiger partial charge in [-0.15, -0.1) is 0 Å². The first-order chi connectivity index (χ1) is 15.4. The molecule has 0 bridgehead atoms. The lowest BCUT2D eigenvalue weighted by molar-refractivity contribution is -0.137. The topological polar surface area (TPSA) is 58.6 Å². The first-order valence-electron chi connectivity index (χ1n) is 10.2. The Balaban J connectivity index is 1.77. The van der Waals surface area contributed by atoms with Crippen LogP contribution < -0.4 is 10.1 Å². The van der Waals surface area contributed by atoms with Crippen molar-refractivity contribution in [3.05, 3.63) is 100 Å². The van der Waals surface area contributed by atoms with Crippen LogP contribution in [-0.4, -0.2) is 23.8 Å². The number of carbonyl (C=O) groups is 2. The standard InChI is InChI=1S/C26H23FN2O3/c1-16-8-13-21(17(2)14-16)23-24(28-19-9-11-20(32-3)12-10-19)26(31)29(25(23)30)15-18-6-4-5-7-22(18)27/h4-14,28H,15H2,1-3H3. The van der Waals surface area contributed by atoms with Crippen molar-refractivity contribution in [2.45, 2.75) is 20.4 Å². The van der Waals surface area contributed by atoms with Gasteiger partial charge in [-0.1, -0.05) is 42.0 Å². The third-order valence-electron chi connectivity index (χ3n) is 5.46. The molecule has 0 aliphatic carbocycles. The molecular formula is C26H23FN2O3. The van der Waals surface area contributed by atoms with Crippen LogP contribution in [0.2, 0.25) is 0 Å². The molecule has 1 N–H and O–H groups in total. The van der Waals surface area contributed by atoms with E-state index in [2.05, 4.69) is 5.32 Å². The average Bonchev–Trinajstić information content (AvgIpc) is 3.00. The van der Waals surface area contributed by atoms with Crippen molar-refractivity contribution >= 4 is 23.1 Å². The van der Waals surface area contributed by atoms with Crippen LogP contribution >= 0.6 is 0 Å². The highest BCUT2D eigenvalue weighted by molar-refractivity contribution is 6.36. The number of ether oxygens (including phenoxy) is 1. The summed E-state index contributed by atoms with van der Waals surface area (Å²) >= 11 is 0. The van der Waals surface area contributed by atoms with Crippen molar-refractivity contribution in [3.63, 3.8) is 0 Å². The van der Waals surface area contributed by atoms with Crippen LogP contribution in [0.15, 0.2) is 72.4 Å². The van der Waals surface area contributed by atoms with Crippen LogP contribution in [0.5, 0.6) is 5.75 Å². The highest BCUT2D eigenvalue weighted by atomic mass is 19.1. The molecule has 1 aliphatic heterocycles. The van der Waals surface area contributed by atoms with E-state index in [0.29, 0.717) is 17.0 Å². The number of nitrogens with one attached hydrogen (secondary N) is 1. The maximum Gasteiger partial charge on any atom is 0.278 e. The van der Waals surface area contributed by atoms with E-state index in [4.69, 9.17) is 4.74 Å². The predicted octanol–water partition coefficient (Wildman–Crippen LogP) is 4.84. The highest BCUT2D eigenvalue weighted by Gasteiger charge is 2.40. The van der Waals surface area contributed by atoms with Gasteiger partial charge in [-0.25, -0.2) is 4.39 Å². The molecule has 2 amide bonds. The molecule has 6 heteroatoms. The number of amides is 2. The van der Waals surface area contributed by atoms with E-state index in [1.54, 1.807) is 49.6 Å². The summed E-state index contributed by atoms with van der Waals surface area (Å²) in [6, 6.07) is 18.9. The summed E-state index contributed by atoms with van der Waals surface area (Å²) in [5.74, 6) is -0.739. The van der Waals surface area contributed by atoms with Crippen molar-refractivity contribution < 1.29 is 18.7 Å². The molecule has 4 rings (SSSR count). The quantitative estimate of drug-likeness (QED) is 0.569. The Morgan fingerprint density at radius 3 is 2.31 bits per heavy atom. The van der Waals surface area contributed by atoms with Gasteiger partial charge in [-0.2, -0.15) is 0 Å². The summed E-state index contributed by atoms with van der Waals surface area (Å²) in [5.41, 5.74) is 3.96. The van der Waals surface area contributed by atoms with Gasteiger partial charge in [-0.05, 0) is 55.3 Å². The third kappa shape index (κ3) is 3.99. The van der Waals surface area contributed by atoms with E-state index < -0.39 is 17.6 Å². The molecule has 0 radical (unpaired) electrons. The number of methoxy groups -OCH3 is 1. The van der Waals surface area contributed by atoms with E-state index in [1.807, 2.05) is 32.0 Å². The zero-order valence-corrected chi connectivity index (χ0v) is 18.1. The Kier molecular flexibility index (Phi) is 5.77. The average molecular weight is 430 g/mol. The predicted molar refractivity (Wildman–Crippen MR) is 121 cm³/mol.